The van der Waals surface area contributed by atoms with Crippen LogP contribution >= 0.6 is 0 Å². The summed E-state index contributed by atoms with van der Waals surface area (Å²) in [4.78, 5) is 14.1. The lowest BCUT2D eigenvalue weighted by molar-refractivity contribution is 0.0706. The number of hydrogen-bond acceptors (Lipinski definition) is 4. The second-order valence-electron chi connectivity index (χ2n) is 4.10. The van der Waals surface area contributed by atoms with Gasteiger partial charge in [0.05, 0.1) is 13.2 Å². The number of amides is 1. The maximum absolute atomic E-state index is 12.3. The molecule has 0 saturated heterocycles. The summed E-state index contributed by atoms with van der Waals surface area (Å²) in [6.45, 7) is 6.06. The molecule has 0 atom stereocenters. The van der Waals surface area contributed by atoms with Gasteiger partial charge in [-0.25, -0.2) is 0 Å². The van der Waals surface area contributed by atoms with Crippen LogP contribution in [0.3, 0.4) is 0 Å². The van der Waals surface area contributed by atoms with Crippen LogP contribution in [-0.2, 0) is 4.74 Å². The summed E-state index contributed by atoms with van der Waals surface area (Å²) in [6, 6.07) is 5.10. The van der Waals surface area contributed by atoms with Crippen molar-refractivity contribution in [3.05, 3.63) is 23.8 Å². The van der Waals surface area contributed by atoms with E-state index in [0.29, 0.717) is 43.3 Å². The lowest BCUT2D eigenvalue weighted by Crippen LogP contribution is -2.33. The van der Waals surface area contributed by atoms with Crippen molar-refractivity contribution >= 4 is 11.6 Å². The monoisotopic (exact) mass is 266 g/mol. The zero-order chi connectivity index (χ0) is 14.3. The molecule has 5 nitrogen and oxygen atoms in total. The zero-order valence-electron chi connectivity index (χ0n) is 11.8. The number of hydrogen-bond donors (Lipinski definition) is 1. The van der Waals surface area contributed by atoms with E-state index in [0.717, 1.165) is 0 Å². The minimum Gasteiger partial charge on any atom is -0.494 e. The first-order valence-corrected chi connectivity index (χ1v) is 6.43. The fourth-order valence-electron chi connectivity index (χ4n) is 1.78. The van der Waals surface area contributed by atoms with Gasteiger partial charge in [-0.15, -0.1) is 0 Å². The fraction of sp³-hybridized carbons (Fsp3) is 0.500. The number of nitrogen functional groups attached to an aromatic ring is 1. The molecular formula is C14H22N2O3. The predicted molar refractivity (Wildman–Crippen MR) is 75.5 cm³/mol. The Hall–Kier alpha value is -1.75. The van der Waals surface area contributed by atoms with Crippen molar-refractivity contribution in [1.82, 2.24) is 4.90 Å². The van der Waals surface area contributed by atoms with Crippen LogP contribution in [0.25, 0.3) is 0 Å². The highest BCUT2D eigenvalue weighted by Gasteiger charge is 2.15. The number of carbonyl (C=O) groups is 1. The minimum atomic E-state index is -0.0622. The van der Waals surface area contributed by atoms with Gasteiger partial charge in [0.25, 0.3) is 5.91 Å². The number of methoxy groups -OCH3 is 1. The Balaban J connectivity index is 2.90. The molecule has 1 amide bonds. The smallest absolute Gasteiger partial charge is 0.254 e. The molecule has 0 bridgehead atoms. The molecule has 0 aliphatic carbocycles. The highest BCUT2D eigenvalue weighted by atomic mass is 16.5. The molecule has 0 saturated carbocycles. The van der Waals surface area contributed by atoms with Gasteiger partial charge >= 0.3 is 0 Å². The van der Waals surface area contributed by atoms with Gasteiger partial charge in [-0.2, -0.15) is 0 Å². The Morgan fingerprint density at radius 2 is 2.05 bits per heavy atom. The Morgan fingerprint density at radius 3 is 2.63 bits per heavy atom. The van der Waals surface area contributed by atoms with Crippen LogP contribution in [0.4, 0.5) is 5.69 Å². The van der Waals surface area contributed by atoms with E-state index in [9.17, 15) is 4.79 Å². The van der Waals surface area contributed by atoms with Gasteiger partial charge in [0.2, 0.25) is 0 Å². The number of rotatable bonds is 7. The molecule has 2 N–H and O–H groups in total. The van der Waals surface area contributed by atoms with Crippen molar-refractivity contribution < 1.29 is 14.3 Å². The van der Waals surface area contributed by atoms with Gasteiger partial charge in [0.15, 0.2) is 0 Å². The molecule has 0 aliphatic heterocycles. The maximum atomic E-state index is 12.3. The molecular weight excluding hydrogens is 244 g/mol. The number of anilines is 1. The lowest BCUT2D eigenvalue weighted by Gasteiger charge is -2.21. The molecule has 5 heteroatoms. The van der Waals surface area contributed by atoms with Crippen molar-refractivity contribution in [3.63, 3.8) is 0 Å². The number of carbonyl (C=O) groups excluding carboxylic acids is 1. The van der Waals surface area contributed by atoms with Crippen molar-refractivity contribution in [3.8, 4) is 5.75 Å². The van der Waals surface area contributed by atoms with Crippen molar-refractivity contribution in [1.29, 1.82) is 0 Å². The molecule has 0 heterocycles. The molecule has 1 aromatic rings. The van der Waals surface area contributed by atoms with Crippen LogP contribution in [-0.4, -0.2) is 44.2 Å². The summed E-state index contributed by atoms with van der Waals surface area (Å²) in [6.07, 6.45) is 0. The van der Waals surface area contributed by atoms with Gasteiger partial charge in [-0.3, -0.25) is 4.79 Å². The van der Waals surface area contributed by atoms with E-state index in [1.807, 2.05) is 13.8 Å². The normalized spacial score (nSPS) is 10.3. The van der Waals surface area contributed by atoms with Crippen LogP contribution < -0.4 is 10.5 Å². The quantitative estimate of drug-likeness (QED) is 0.764. The maximum Gasteiger partial charge on any atom is 0.254 e. The average molecular weight is 266 g/mol. The number of benzene rings is 1. The van der Waals surface area contributed by atoms with E-state index >= 15 is 0 Å². The predicted octanol–water partition coefficient (Wildman–Crippen LogP) is 1.78. The lowest BCUT2D eigenvalue weighted by atomic mass is 10.1. The SMILES string of the molecule is CCOc1cc(N)cc(C(=O)N(CC)CCOC)c1. The average Bonchev–Trinajstić information content (AvgIpc) is 2.39. The van der Waals surface area contributed by atoms with E-state index < -0.39 is 0 Å². The third kappa shape index (κ3) is 4.44. The Labute approximate surface area is 114 Å². The van der Waals surface area contributed by atoms with Crippen LogP contribution in [0.15, 0.2) is 18.2 Å². The second-order valence-corrected chi connectivity index (χ2v) is 4.10. The summed E-state index contributed by atoms with van der Waals surface area (Å²) in [5, 5.41) is 0. The Morgan fingerprint density at radius 1 is 1.32 bits per heavy atom. The van der Waals surface area contributed by atoms with Crippen molar-refractivity contribution in [2.75, 3.05) is 39.1 Å². The van der Waals surface area contributed by atoms with Gasteiger partial charge in [0.1, 0.15) is 5.75 Å². The summed E-state index contributed by atoms with van der Waals surface area (Å²) in [5.41, 5.74) is 6.86. The first-order valence-electron chi connectivity index (χ1n) is 6.43. The van der Waals surface area contributed by atoms with Gasteiger partial charge in [0, 0.05) is 37.5 Å². The number of likely N-dealkylation sites (N-methyl/N-ethyl adjacent to an activating group) is 1. The second kappa shape index (κ2) is 7.63. The Bertz CT molecular complexity index is 421. The first-order chi connectivity index (χ1) is 9.12. The van der Waals surface area contributed by atoms with E-state index in [-0.39, 0.29) is 5.91 Å². The molecule has 0 fully saturated rings. The number of nitrogens with two attached hydrogens (primary N) is 1. The van der Waals surface area contributed by atoms with Crippen LogP contribution in [0.1, 0.15) is 24.2 Å². The standard InChI is InChI=1S/C14H22N2O3/c1-4-16(6-7-18-3)14(17)11-8-12(15)10-13(9-11)19-5-2/h8-10H,4-7,15H2,1-3H3. The molecule has 106 valence electrons. The molecule has 19 heavy (non-hydrogen) atoms. The number of nitrogens with zero attached hydrogens (tertiary/aromatic N) is 1. The molecule has 1 aromatic carbocycles. The zero-order valence-corrected chi connectivity index (χ0v) is 11.8. The topological polar surface area (TPSA) is 64.8 Å². The fourth-order valence-corrected chi connectivity index (χ4v) is 1.78. The summed E-state index contributed by atoms with van der Waals surface area (Å²) in [5.74, 6) is 0.557. The summed E-state index contributed by atoms with van der Waals surface area (Å²) in [7, 11) is 1.62. The number of ether oxygens (including phenoxy) is 2. The van der Waals surface area contributed by atoms with E-state index in [1.54, 1.807) is 30.2 Å². The van der Waals surface area contributed by atoms with Gasteiger partial charge in [-0.05, 0) is 26.0 Å². The Kier molecular flexibility index (Phi) is 6.15. The third-order valence-electron chi connectivity index (χ3n) is 2.72. The summed E-state index contributed by atoms with van der Waals surface area (Å²) >= 11 is 0. The molecule has 0 spiro atoms. The highest BCUT2D eigenvalue weighted by Crippen LogP contribution is 2.20. The largest absolute Gasteiger partial charge is 0.494 e. The van der Waals surface area contributed by atoms with Crippen LogP contribution in [0.5, 0.6) is 5.75 Å². The molecule has 1 rings (SSSR count). The van der Waals surface area contributed by atoms with Crippen molar-refractivity contribution in [2.45, 2.75) is 13.8 Å². The highest BCUT2D eigenvalue weighted by molar-refractivity contribution is 5.95. The molecule has 0 radical (unpaired) electrons. The van der Waals surface area contributed by atoms with Crippen LogP contribution in [0, 0.1) is 0 Å². The van der Waals surface area contributed by atoms with Crippen LogP contribution in [0.2, 0.25) is 0 Å². The van der Waals surface area contributed by atoms with Gasteiger partial charge in [-0.1, -0.05) is 0 Å². The molecule has 0 aliphatic rings. The molecule has 0 aromatic heterocycles. The van der Waals surface area contributed by atoms with Crippen molar-refractivity contribution in [2.24, 2.45) is 0 Å². The first kappa shape index (κ1) is 15.3. The minimum absolute atomic E-state index is 0.0622. The third-order valence-corrected chi connectivity index (χ3v) is 2.72. The molecule has 0 unspecified atom stereocenters. The van der Waals surface area contributed by atoms with E-state index in [2.05, 4.69) is 0 Å². The van der Waals surface area contributed by atoms with E-state index in [4.69, 9.17) is 15.2 Å². The van der Waals surface area contributed by atoms with E-state index in [1.165, 1.54) is 0 Å². The van der Waals surface area contributed by atoms with Gasteiger partial charge < -0.3 is 20.1 Å². The summed E-state index contributed by atoms with van der Waals surface area (Å²) < 4.78 is 10.4.